The van der Waals surface area contributed by atoms with Crippen LogP contribution in [0.3, 0.4) is 0 Å². The molecule has 4 aliphatic rings. The van der Waals surface area contributed by atoms with E-state index in [4.69, 9.17) is 4.74 Å². The second-order valence-electron chi connectivity index (χ2n) is 20.6. The van der Waals surface area contributed by atoms with Gasteiger partial charge in [0.2, 0.25) is 0 Å². The van der Waals surface area contributed by atoms with Crippen LogP contribution in [0.4, 0.5) is 34.1 Å². The van der Waals surface area contributed by atoms with E-state index in [9.17, 15) is 40.2 Å². The molecule has 13 nitrogen and oxygen atoms in total. The van der Waals surface area contributed by atoms with Crippen molar-refractivity contribution in [2.45, 2.75) is 125 Å². The van der Waals surface area contributed by atoms with E-state index in [2.05, 4.69) is 71.3 Å². The average Bonchev–Trinajstić information content (AvgIpc) is 4.17. The van der Waals surface area contributed by atoms with Crippen LogP contribution in [0.5, 0.6) is 34.5 Å². The number of carbonyl (C=O) groups is 2. The average molecular weight is 955 g/mol. The fourth-order valence-corrected chi connectivity index (χ4v) is 9.40. The van der Waals surface area contributed by atoms with Crippen molar-refractivity contribution >= 4 is 45.9 Å². The lowest BCUT2D eigenvalue weighted by molar-refractivity contribution is 0.0983. The number of nitrogens with one attached hydrogen (secondary N) is 2. The molecule has 8 N–H and O–H groups in total. The molecule has 1 saturated heterocycles. The number of anilines is 6. The number of para-hydroxylation sites is 2. The molecule has 3 heterocycles. The molecule has 4 aromatic carbocycles. The lowest BCUT2D eigenvalue weighted by Gasteiger charge is -2.22. The van der Waals surface area contributed by atoms with Crippen LogP contribution in [0.15, 0.2) is 107 Å². The Labute approximate surface area is 412 Å². The lowest BCUT2D eigenvalue weighted by Crippen LogP contribution is -2.30. The molecule has 0 radical (unpaired) electrons. The summed E-state index contributed by atoms with van der Waals surface area (Å²) in [7, 11) is 0. The highest BCUT2D eigenvalue weighted by Gasteiger charge is 2.50. The highest BCUT2D eigenvalue weighted by atomic mass is 16.6. The monoisotopic (exact) mass is 955 g/mol. The third-order valence-corrected chi connectivity index (χ3v) is 14.2. The van der Waals surface area contributed by atoms with Crippen LogP contribution >= 0.6 is 0 Å². The van der Waals surface area contributed by atoms with E-state index in [1.165, 1.54) is 70.2 Å². The van der Waals surface area contributed by atoms with E-state index >= 15 is 0 Å². The molecule has 3 aliphatic heterocycles. The maximum Gasteiger partial charge on any atom is 0.260 e. The fourth-order valence-electron chi connectivity index (χ4n) is 9.40. The molecule has 0 bridgehead atoms. The van der Waals surface area contributed by atoms with Crippen LogP contribution in [-0.2, 0) is 4.74 Å². The minimum atomic E-state index is -0.339. The Morgan fingerprint density at radius 3 is 1.57 bits per heavy atom. The molecule has 2 amide bonds. The van der Waals surface area contributed by atoms with E-state index in [1.54, 1.807) is 24.3 Å². The molecule has 372 valence electrons. The molecule has 3 unspecified atom stereocenters. The maximum atomic E-state index is 13.5. The van der Waals surface area contributed by atoms with Crippen LogP contribution in [0, 0.1) is 11.3 Å². The number of nitrogens with zero attached hydrogens (tertiary/aromatic N) is 2. The summed E-state index contributed by atoms with van der Waals surface area (Å²) in [5.74, 6) is -0.708. The molecule has 0 aromatic heterocycles. The van der Waals surface area contributed by atoms with Crippen LogP contribution in [0.25, 0.3) is 0 Å². The van der Waals surface area contributed by atoms with E-state index < -0.39 is 0 Å². The molecule has 13 heteroatoms. The molecule has 1 saturated carbocycles. The first-order chi connectivity index (χ1) is 33.1. The van der Waals surface area contributed by atoms with Crippen molar-refractivity contribution in [2.75, 3.05) is 33.5 Å². The molecule has 2 fully saturated rings. The van der Waals surface area contributed by atoms with Gasteiger partial charge in [0.15, 0.2) is 0 Å². The third kappa shape index (κ3) is 11.9. The molecule has 1 aliphatic carbocycles. The summed E-state index contributed by atoms with van der Waals surface area (Å²) >= 11 is 0. The Bertz CT molecular complexity index is 2770. The first-order valence-electron chi connectivity index (χ1n) is 24.4. The number of fused-ring (bicyclic) bond motifs is 4. The predicted molar refractivity (Wildman–Crippen MR) is 278 cm³/mol. The molecular formula is C57H70N4O9. The van der Waals surface area contributed by atoms with E-state index in [0.29, 0.717) is 22.4 Å². The summed E-state index contributed by atoms with van der Waals surface area (Å²) < 4.78 is 5.98. The predicted octanol–water partition coefficient (Wildman–Crippen LogP) is 13.1. The number of carbonyl (C=O) groups excluding carboxylic acids is 2. The topological polar surface area (TPSA) is 199 Å². The smallest absolute Gasteiger partial charge is 0.260 e. The van der Waals surface area contributed by atoms with Gasteiger partial charge in [0.05, 0.1) is 45.6 Å². The van der Waals surface area contributed by atoms with Gasteiger partial charge in [-0.1, -0.05) is 72.6 Å². The number of hydrogen-bond acceptors (Lipinski definition) is 11. The fraction of sp³-hybridized carbons (Fsp3) is 0.404. The number of rotatable bonds is 16. The van der Waals surface area contributed by atoms with Crippen molar-refractivity contribution in [2.24, 2.45) is 11.3 Å². The molecule has 3 atom stereocenters. The number of benzene rings is 4. The van der Waals surface area contributed by atoms with Gasteiger partial charge in [0.25, 0.3) is 11.8 Å². The van der Waals surface area contributed by atoms with Gasteiger partial charge in [-0.3, -0.25) is 9.59 Å². The second kappa shape index (κ2) is 21.0. The summed E-state index contributed by atoms with van der Waals surface area (Å²) in [6.07, 6.45) is 18.2. The van der Waals surface area contributed by atoms with Crippen LogP contribution in [0.2, 0.25) is 0 Å². The standard InChI is InChI=1S/C29H36N2O4.C28H34N2O5/c1-18(11-12-20-17-29(20,3)4)7-5-8-19(2)13-14-31-23-15-21(32)16-25(34)27(23)30-26-22(28(31)35)9-6-10-24(26)33;1-17(2)7-6-13-28(4)24(35-28)11-10-18(3)12-14-30-21-15-19(31)16-23(33)26(21)29-25-20(27(30)34)8-5-9-22(25)32/h6-7,9-10,13,15-16,20,30,32-34H,5,8,11-12,14,17H2,1-4H3;5,7-9,12,15-16,24,29,31-33H,6,10-11,13-14H2,1-4H3/b18-7+,19-13+;18-12+. The van der Waals surface area contributed by atoms with Crippen LogP contribution < -0.4 is 20.4 Å². The summed E-state index contributed by atoms with van der Waals surface area (Å²) in [5, 5.41) is 67.8. The van der Waals surface area contributed by atoms with Gasteiger partial charge < -0.3 is 55.8 Å². The highest BCUT2D eigenvalue weighted by Crippen LogP contribution is 2.54. The normalized spacial score (nSPS) is 20.0. The second-order valence-corrected chi connectivity index (χ2v) is 20.6. The first-order valence-corrected chi connectivity index (χ1v) is 24.4. The van der Waals surface area contributed by atoms with Crippen LogP contribution in [0.1, 0.15) is 134 Å². The summed E-state index contributed by atoms with van der Waals surface area (Å²) in [6, 6.07) is 14.7. The Balaban J connectivity index is 0.000000206. The van der Waals surface area contributed by atoms with Gasteiger partial charge in [0.1, 0.15) is 45.9 Å². The zero-order valence-corrected chi connectivity index (χ0v) is 41.8. The Hall–Kier alpha value is -6.86. The maximum absolute atomic E-state index is 13.5. The largest absolute Gasteiger partial charge is 0.508 e. The van der Waals surface area contributed by atoms with E-state index in [1.807, 2.05) is 19.1 Å². The number of aromatic hydroxyl groups is 6. The SMILES string of the molecule is C/C(=C\CN1C(=O)c2cccc(O)c2Nc2c(O)cc(O)cc21)CC/C=C(\C)CCC1CC1(C)C.CC(C)=CCCC1(C)OC1CC/C(C)=C/CN1C(=O)c2cccc(O)c2Nc2c(O)cc(O)cc21. The Morgan fingerprint density at radius 2 is 1.09 bits per heavy atom. The van der Waals surface area contributed by atoms with E-state index in [0.717, 1.165) is 62.0 Å². The summed E-state index contributed by atoms with van der Waals surface area (Å²) in [6.45, 7) is 17.9. The van der Waals surface area contributed by atoms with Gasteiger partial charge in [-0.2, -0.15) is 0 Å². The molecule has 0 spiro atoms. The van der Waals surface area contributed by atoms with Gasteiger partial charge in [-0.05, 0) is 135 Å². The van der Waals surface area contributed by atoms with Gasteiger partial charge in [0, 0.05) is 37.4 Å². The highest BCUT2D eigenvalue weighted by molar-refractivity contribution is 6.16. The lowest BCUT2D eigenvalue weighted by atomic mass is 9.96. The van der Waals surface area contributed by atoms with Crippen molar-refractivity contribution in [1.82, 2.24) is 0 Å². The number of amides is 2. The number of ether oxygens (including phenoxy) is 1. The number of hydrogen-bond donors (Lipinski definition) is 8. The number of allylic oxidation sites excluding steroid dienone is 6. The number of phenolic OH excluding ortho intramolecular Hbond substituents is 6. The molecule has 8 rings (SSSR count). The van der Waals surface area contributed by atoms with Crippen molar-refractivity contribution < 1.29 is 45.0 Å². The third-order valence-electron chi connectivity index (χ3n) is 14.2. The molecule has 4 aromatic rings. The Kier molecular flexibility index (Phi) is 15.3. The van der Waals surface area contributed by atoms with E-state index in [-0.39, 0.29) is 99.4 Å². The zero-order valence-electron chi connectivity index (χ0n) is 41.8. The van der Waals surface area contributed by atoms with Crippen molar-refractivity contribution in [3.05, 3.63) is 118 Å². The van der Waals surface area contributed by atoms with Crippen molar-refractivity contribution in [3.8, 4) is 34.5 Å². The zero-order chi connectivity index (χ0) is 50.7. The van der Waals surface area contributed by atoms with Crippen molar-refractivity contribution in [3.63, 3.8) is 0 Å². The van der Waals surface area contributed by atoms with Gasteiger partial charge in [-0.15, -0.1) is 0 Å². The minimum absolute atomic E-state index is 0.0572. The number of epoxide rings is 1. The summed E-state index contributed by atoms with van der Waals surface area (Å²) in [4.78, 5) is 29.9. The van der Waals surface area contributed by atoms with Gasteiger partial charge >= 0.3 is 0 Å². The molecule has 70 heavy (non-hydrogen) atoms. The quantitative estimate of drug-likeness (QED) is 0.0230. The van der Waals surface area contributed by atoms with Gasteiger partial charge in [-0.25, -0.2) is 0 Å². The van der Waals surface area contributed by atoms with Crippen molar-refractivity contribution in [1.29, 1.82) is 0 Å². The summed E-state index contributed by atoms with van der Waals surface area (Å²) in [5.41, 5.74) is 7.76. The Morgan fingerprint density at radius 1 is 0.614 bits per heavy atom. The first kappa shape index (κ1) is 51.0. The minimum Gasteiger partial charge on any atom is -0.508 e. The number of phenols is 6. The molecular weight excluding hydrogens is 885 g/mol. The van der Waals surface area contributed by atoms with Crippen LogP contribution in [-0.4, -0.2) is 67.2 Å².